The van der Waals surface area contributed by atoms with E-state index in [2.05, 4.69) is 13.2 Å². The van der Waals surface area contributed by atoms with Crippen LogP contribution in [-0.2, 0) is 10.3 Å². The molecule has 4 rings (SSSR count). The summed E-state index contributed by atoms with van der Waals surface area (Å²) in [5.74, 6) is -0.124. The summed E-state index contributed by atoms with van der Waals surface area (Å²) in [5, 5.41) is 34.4. The molecular weight excluding hydrogens is 384 g/mol. The number of aliphatic hydroxyl groups excluding tert-OH is 2. The lowest BCUT2D eigenvalue weighted by molar-refractivity contribution is 0.0251. The van der Waals surface area contributed by atoms with Crippen LogP contribution in [0.25, 0.3) is 0 Å². The van der Waals surface area contributed by atoms with Gasteiger partial charge in [0.1, 0.15) is 11.5 Å². The fraction of sp³-hybridized carbons (Fsp3) is 0.125. The first-order chi connectivity index (χ1) is 14.5. The summed E-state index contributed by atoms with van der Waals surface area (Å²) in [6, 6.07) is 20.4. The maximum Gasteiger partial charge on any atom is 0.340 e. The van der Waals surface area contributed by atoms with Gasteiger partial charge < -0.3 is 25.2 Å². The van der Waals surface area contributed by atoms with Crippen LogP contribution in [0.15, 0.2) is 86.0 Å². The molecule has 0 radical (unpaired) electrons. The summed E-state index contributed by atoms with van der Waals surface area (Å²) in [6.07, 6.45) is 0. The third kappa shape index (κ3) is 4.35. The molecule has 156 valence electrons. The summed E-state index contributed by atoms with van der Waals surface area (Å²) in [7, 11) is 0. The van der Waals surface area contributed by atoms with E-state index in [0.29, 0.717) is 5.56 Å². The molecule has 0 fully saturated rings. The maximum atomic E-state index is 12.4. The van der Waals surface area contributed by atoms with Gasteiger partial charge in [-0.15, -0.1) is 13.2 Å². The van der Waals surface area contributed by atoms with Crippen molar-refractivity contribution in [1.29, 1.82) is 0 Å². The maximum absolute atomic E-state index is 12.4. The van der Waals surface area contributed by atoms with Crippen molar-refractivity contribution in [3.8, 4) is 11.5 Å². The molecule has 0 unspecified atom stereocenters. The number of hydrogen-bond donors (Lipinski definition) is 4. The van der Waals surface area contributed by atoms with Crippen molar-refractivity contribution in [2.24, 2.45) is 0 Å². The van der Waals surface area contributed by atoms with E-state index in [-0.39, 0.29) is 24.7 Å². The van der Waals surface area contributed by atoms with Crippen LogP contribution in [0.1, 0.15) is 27.0 Å². The average Bonchev–Trinajstić information content (AvgIpc) is 3.10. The second-order valence-electron chi connectivity index (χ2n) is 6.16. The van der Waals surface area contributed by atoms with E-state index in [1.807, 2.05) is 12.1 Å². The van der Waals surface area contributed by atoms with E-state index in [0.717, 1.165) is 16.7 Å². The van der Waals surface area contributed by atoms with Crippen LogP contribution in [0, 0.1) is 0 Å². The molecule has 0 saturated heterocycles. The molecular formula is C24H24O6. The van der Waals surface area contributed by atoms with E-state index in [1.54, 1.807) is 60.7 Å². The number of ether oxygens (including phenoxy) is 1. The number of hydrogen-bond acceptors (Lipinski definition) is 6. The van der Waals surface area contributed by atoms with Gasteiger partial charge in [0.2, 0.25) is 0 Å². The number of carbonyl (C=O) groups excluding carboxylic acids is 1. The Balaban J connectivity index is 0.000000481. The zero-order chi connectivity index (χ0) is 22.1. The summed E-state index contributed by atoms with van der Waals surface area (Å²) < 4.78 is 5.87. The number of phenolic OH excluding ortho intramolecular Hbond substituents is 2. The highest BCUT2D eigenvalue weighted by molar-refractivity contribution is 5.96. The Bertz CT molecular complexity index is 916. The second kappa shape index (κ2) is 10.2. The molecule has 0 spiro atoms. The highest BCUT2D eigenvalue weighted by Crippen LogP contribution is 2.47. The predicted octanol–water partition coefficient (Wildman–Crippen LogP) is 3.33. The molecule has 0 saturated carbocycles. The van der Waals surface area contributed by atoms with Gasteiger partial charge in [0.15, 0.2) is 5.60 Å². The van der Waals surface area contributed by atoms with Gasteiger partial charge in [-0.2, -0.15) is 0 Å². The Labute approximate surface area is 175 Å². The van der Waals surface area contributed by atoms with Gasteiger partial charge in [-0.25, -0.2) is 4.79 Å². The van der Waals surface area contributed by atoms with E-state index < -0.39 is 11.6 Å². The molecule has 0 bridgehead atoms. The molecule has 1 heterocycles. The van der Waals surface area contributed by atoms with Gasteiger partial charge >= 0.3 is 5.97 Å². The minimum absolute atomic E-state index is 0.125. The lowest BCUT2D eigenvalue weighted by Crippen LogP contribution is -2.29. The molecule has 4 N–H and O–H groups in total. The summed E-state index contributed by atoms with van der Waals surface area (Å²) >= 11 is 0. The summed E-state index contributed by atoms with van der Waals surface area (Å²) in [6.45, 7) is 5.75. The quantitative estimate of drug-likeness (QED) is 0.391. The van der Waals surface area contributed by atoms with Crippen LogP contribution < -0.4 is 0 Å². The topological polar surface area (TPSA) is 107 Å². The van der Waals surface area contributed by atoms with Gasteiger partial charge in [-0.3, -0.25) is 0 Å². The molecule has 0 amide bonds. The Morgan fingerprint density at radius 1 is 0.733 bits per heavy atom. The number of benzene rings is 3. The Morgan fingerprint density at radius 3 is 1.60 bits per heavy atom. The number of aliphatic hydroxyl groups is 2. The van der Waals surface area contributed by atoms with E-state index in [9.17, 15) is 15.0 Å². The SMILES string of the molecule is C=C.O=C1OC(c2ccc(O)cc2)(c2ccc(O)cc2)c2ccccc21.OCCO. The summed E-state index contributed by atoms with van der Waals surface area (Å²) in [5.41, 5.74) is 1.60. The molecule has 0 aliphatic carbocycles. The predicted molar refractivity (Wildman–Crippen MR) is 113 cm³/mol. The van der Waals surface area contributed by atoms with Crippen molar-refractivity contribution in [3.05, 3.63) is 108 Å². The number of carbonyl (C=O) groups is 1. The van der Waals surface area contributed by atoms with Gasteiger partial charge in [-0.1, -0.05) is 42.5 Å². The van der Waals surface area contributed by atoms with Gasteiger partial charge in [0, 0.05) is 16.7 Å². The number of rotatable bonds is 3. The number of fused-ring (bicyclic) bond motifs is 1. The normalized spacial score (nSPS) is 13.1. The third-order valence-electron chi connectivity index (χ3n) is 4.42. The van der Waals surface area contributed by atoms with Crippen LogP contribution in [-0.4, -0.2) is 39.6 Å². The van der Waals surface area contributed by atoms with E-state index >= 15 is 0 Å². The van der Waals surface area contributed by atoms with E-state index in [4.69, 9.17) is 14.9 Å². The standard InChI is InChI=1S/C20H14O4.C2H6O2.C2H4/c21-15-9-5-13(6-10-15)20(14-7-11-16(22)12-8-14)18-4-2-1-3-17(18)19(23)24-20;3-1-2-4;1-2/h1-12,21-22H;3-4H,1-2H2;1-2H2. The van der Waals surface area contributed by atoms with Crippen molar-refractivity contribution in [2.75, 3.05) is 13.2 Å². The van der Waals surface area contributed by atoms with Crippen LogP contribution in [0.5, 0.6) is 11.5 Å². The molecule has 3 aromatic rings. The molecule has 0 atom stereocenters. The number of phenols is 2. The van der Waals surface area contributed by atoms with Crippen molar-refractivity contribution in [1.82, 2.24) is 0 Å². The van der Waals surface area contributed by atoms with Crippen LogP contribution >= 0.6 is 0 Å². The highest BCUT2D eigenvalue weighted by atomic mass is 16.6. The average molecular weight is 408 g/mol. The fourth-order valence-corrected chi connectivity index (χ4v) is 3.20. The first-order valence-corrected chi connectivity index (χ1v) is 9.16. The van der Waals surface area contributed by atoms with Crippen LogP contribution in [0.2, 0.25) is 0 Å². The molecule has 0 aromatic heterocycles. The Hall–Kier alpha value is -3.61. The smallest absolute Gasteiger partial charge is 0.340 e. The summed E-state index contributed by atoms with van der Waals surface area (Å²) in [4.78, 5) is 12.4. The first-order valence-electron chi connectivity index (χ1n) is 9.16. The second-order valence-corrected chi connectivity index (χ2v) is 6.16. The van der Waals surface area contributed by atoms with Crippen molar-refractivity contribution in [2.45, 2.75) is 5.60 Å². The van der Waals surface area contributed by atoms with Crippen molar-refractivity contribution in [3.63, 3.8) is 0 Å². The van der Waals surface area contributed by atoms with Crippen LogP contribution in [0.3, 0.4) is 0 Å². The fourth-order valence-electron chi connectivity index (χ4n) is 3.20. The molecule has 6 heteroatoms. The largest absolute Gasteiger partial charge is 0.508 e. The number of esters is 1. The lowest BCUT2D eigenvalue weighted by atomic mass is 9.80. The monoisotopic (exact) mass is 408 g/mol. The number of aromatic hydroxyl groups is 2. The van der Waals surface area contributed by atoms with Gasteiger partial charge in [-0.05, 0) is 30.3 Å². The van der Waals surface area contributed by atoms with Gasteiger partial charge in [0.25, 0.3) is 0 Å². The van der Waals surface area contributed by atoms with E-state index in [1.165, 1.54) is 0 Å². The van der Waals surface area contributed by atoms with Crippen LogP contribution in [0.4, 0.5) is 0 Å². The zero-order valence-corrected chi connectivity index (χ0v) is 16.4. The third-order valence-corrected chi connectivity index (χ3v) is 4.42. The first kappa shape index (κ1) is 22.7. The molecule has 3 aromatic carbocycles. The molecule has 1 aliphatic rings. The number of cyclic esters (lactones) is 1. The van der Waals surface area contributed by atoms with Crippen molar-refractivity contribution >= 4 is 5.97 Å². The molecule has 1 aliphatic heterocycles. The Kier molecular flexibility index (Phi) is 7.75. The minimum Gasteiger partial charge on any atom is -0.508 e. The molecule has 30 heavy (non-hydrogen) atoms. The van der Waals surface area contributed by atoms with Crippen molar-refractivity contribution < 1.29 is 30.0 Å². The minimum atomic E-state index is -1.10. The molecule has 6 nitrogen and oxygen atoms in total. The lowest BCUT2D eigenvalue weighted by Gasteiger charge is -2.30. The Morgan fingerprint density at radius 2 is 1.17 bits per heavy atom. The highest BCUT2D eigenvalue weighted by Gasteiger charge is 2.48. The zero-order valence-electron chi connectivity index (χ0n) is 16.4. The van der Waals surface area contributed by atoms with Gasteiger partial charge in [0.05, 0.1) is 18.8 Å².